The first kappa shape index (κ1) is 14.6. The van der Waals surface area contributed by atoms with E-state index < -0.39 is 0 Å². The first-order chi connectivity index (χ1) is 10.2. The summed E-state index contributed by atoms with van der Waals surface area (Å²) in [6.07, 6.45) is 2.35. The van der Waals surface area contributed by atoms with Crippen molar-refractivity contribution in [2.45, 2.75) is 25.7 Å². The third kappa shape index (κ3) is 3.66. The van der Waals surface area contributed by atoms with E-state index >= 15 is 0 Å². The van der Waals surface area contributed by atoms with Crippen LogP contribution in [0.25, 0.3) is 0 Å². The molecule has 1 aliphatic rings. The molecule has 110 valence electrons. The second-order valence-corrected chi connectivity index (χ2v) is 6.37. The highest BCUT2D eigenvalue weighted by Crippen LogP contribution is 2.39. The van der Waals surface area contributed by atoms with Crippen molar-refractivity contribution in [2.75, 3.05) is 17.2 Å². The van der Waals surface area contributed by atoms with E-state index in [-0.39, 0.29) is 0 Å². The van der Waals surface area contributed by atoms with Gasteiger partial charge in [-0.15, -0.1) is 0 Å². The summed E-state index contributed by atoms with van der Waals surface area (Å²) in [4.78, 5) is 9.17. The van der Waals surface area contributed by atoms with Crippen LogP contribution in [0.5, 0.6) is 0 Å². The first-order valence-electron chi connectivity index (χ1n) is 7.00. The van der Waals surface area contributed by atoms with Gasteiger partial charge in [0.05, 0.1) is 10.7 Å². The smallest absolute Gasteiger partial charge is 0.136 e. The molecule has 0 bridgehead atoms. The molecule has 1 aromatic heterocycles. The third-order valence-electron chi connectivity index (χ3n) is 3.23. The van der Waals surface area contributed by atoms with E-state index in [1.54, 1.807) is 0 Å². The quantitative estimate of drug-likeness (QED) is 0.785. The van der Waals surface area contributed by atoms with Crippen molar-refractivity contribution in [3.63, 3.8) is 0 Å². The number of halogens is 2. The lowest BCUT2D eigenvalue weighted by atomic mass is 10.3. The van der Waals surface area contributed by atoms with Crippen LogP contribution in [0.1, 0.15) is 31.5 Å². The second kappa shape index (κ2) is 6.20. The van der Waals surface area contributed by atoms with Crippen LogP contribution < -0.4 is 10.6 Å². The van der Waals surface area contributed by atoms with E-state index in [1.807, 2.05) is 24.3 Å². The van der Waals surface area contributed by atoms with Crippen molar-refractivity contribution >= 4 is 44.9 Å². The van der Waals surface area contributed by atoms with Gasteiger partial charge in [-0.2, -0.15) is 0 Å². The molecule has 0 spiro atoms. The predicted octanol–water partition coefficient (Wildman–Crippen LogP) is 4.95. The molecule has 1 fully saturated rings. The number of nitrogens with zero attached hydrogens (tertiary/aromatic N) is 2. The van der Waals surface area contributed by atoms with Gasteiger partial charge in [-0.1, -0.05) is 27.5 Å². The van der Waals surface area contributed by atoms with Gasteiger partial charge in [-0.05, 0) is 38.0 Å². The van der Waals surface area contributed by atoms with Gasteiger partial charge in [0, 0.05) is 23.0 Å². The molecular weight excluding hydrogens is 352 g/mol. The summed E-state index contributed by atoms with van der Waals surface area (Å²) in [7, 11) is 0. The largest absolute Gasteiger partial charge is 0.370 e. The summed E-state index contributed by atoms with van der Waals surface area (Å²) in [6, 6.07) is 7.61. The summed E-state index contributed by atoms with van der Waals surface area (Å²) in [6.45, 7) is 2.88. The zero-order valence-electron chi connectivity index (χ0n) is 11.7. The fourth-order valence-corrected chi connectivity index (χ4v) is 2.58. The molecule has 1 aromatic carbocycles. The minimum atomic E-state index is 0.502. The van der Waals surface area contributed by atoms with Gasteiger partial charge in [0.1, 0.15) is 17.5 Å². The Morgan fingerprint density at radius 3 is 2.71 bits per heavy atom. The zero-order valence-corrected chi connectivity index (χ0v) is 14.0. The van der Waals surface area contributed by atoms with E-state index in [0.717, 1.165) is 34.2 Å². The normalized spacial score (nSPS) is 14.0. The summed E-state index contributed by atoms with van der Waals surface area (Å²) >= 11 is 9.67. The predicted molar refractivity (Wildman–Crippen MR) is 90.6 cm³/mol. The minimum Gasteiger partial charge on any atom is -0.370 e. The van der Waals surface area contributed by atoms with E-state index in [1.165, 1.54) is 12.8 Å². The average molecular weight is 368 g/mol. The van der Waals surface area contributed by atoms with Crippen LogP contribution in [-0.4, -0.2) is 16.5 Å². The van der Waals surface area contributed by atoms with Crippen molar-refractivity contribution in [2.24, 2.45) is 0 Å². The van der Waals surface area contributed by atoms with Crippen LogP contribution in [0.4, 0.5) is 17.3 Å². The van der Waals surface area contributed by atoms with Crippen LogP contribution in [-0.2, 0) is 0 Å². The Hall–Kier alpha value is -1.33. The molecule has 1 heterocycles. The summed E-state index contributed by atoms with van der Waals surface area (Å²) in [5.74, 6) is 3.02. The Kier molecular flexibility index (Phi) is 4.31. The SMILES string of the molecule is CCNc1cc(Nc2cc(Br)ccc2Cl)nc(C2CC2)n1. The van der Waals surface area contributed by atoms with Gasteiger partial charge in [0.2, 0.25) is 0 Å². The van der Waals surface area contributed by atoms with Crippen LogP contribution in [0.3, 0.4) is 0 Å². The van der Waals surface area contributed by atoms with Gasteiger partial charge in [-0.25, -0.2) is 9.97 Å². The molecule has 1 aliphatic carbocycles. The molecule has 4 nitrogen and oxygen atoms in total. The van der Waals surface area contributed by atoms with Crippen LogP contribution in [0, 0.1) is 0 Å². The Morgan fingerprint density at radius 2 is 2.00 bits per heavy atom. The summed E-state index contributed by atoms with van der Waals surface area (Å²) < 4.78 is 0.970. The maximum Gasteiger partial charge on any atom is 0.136 e. The highest BCUT2D eigenvalue weighted by Gasteiger charge is 2.27. The molecule has 3 rings (SSSR count). The molecule has 0 atom stereocenters. The first-order valence-corrected chi connectivity index (χ1v) is 8.17. The van der Waals surface area contributed by atoms with Crippen molar-refractivity contribution in [3.05, 3.63) is 39.6 Å². The monoisotopic (exact) mass is 366 g/mol. The summed E-state index contributed by atoms with van der Waals surface area (Å²) in [5, 5.41) is 7.19. The molecule has 2 N–H and O–H groups in total. The highest BCUT2D eigenvalue weighted by molar-refractivity contribution is 9.10. The molecule has 0 unspecified atom stereocenters. The lowest BCUT2D eigenvalue weighted by Gasteiger charge is -2.11. The van der Waals surface area contributed by atoms with Crippen molar-refractivity contribution in [3.8, 4) is 0 Å². The van der Waals surface area contributed by atoms with Gasteiger partial charge in [-0.3, -0.25) is 0 Å². The van der Waals surface area contributed by atoms with E-state index in [2.05, 4.69) is 43.5 Å². The van der Waals surface area contributed by atoms with Gasteiger partial charge in [0.15, 0.2) is 0 Å². The minimum absolute atomic E-state index is 0.502. The molecule has 6 heteroatoms. The maximum atomic E-state index is 6.22. The van der Waals surface area contributed by atoms with Gasteiger partial charge in [0.25, 0.3) is 0 Å². The standard InChI is InChI=1S/C15H16BrClN4/c1-2-18-13-8-14(21-15(20-13)9-3-4-9)19-12-7-10(16)5-6-11(12)17/h5-9H,2-4H2,1H3,(H2,18,19,20,21). The van der Waals surface area contributed by atoms with E-state index in [0.29, 0.717) is 10.9 Å². The number of hydrogen-bond acceptors (Lipinski definition) is 4. The Labute approximate surface area is 137 Å². The maximum absolute atomic E-state index is 6.22. The fourth-order valence-electron chi connectivity index (χ4n) is 2.06. The number of rotatable bonds is 5. The number of hydrogen-bond donors (Lipinski definition) is 2. The van der Waals surface area contributed by atoms with Crippen LogP contribution >= 0.6 is 27.5 Å². The number of anilines is 3. The molecule has 1 saturated carbocycles. The fraction of sp³-hybridized carbons (Fsp3) is 0.333. The number of benzene rings is 1. The number of nitrogens with one attached hydrogen (secondary N) is 2. The van der Waals surface area contributed by atoms with Crippen molar-refractivity contribution in [1.82, 2.24) is 9.97 Å². The second-order valence-electron chi connectivity index (χ2n) is 5.05. The van der Waals surface area contributed by atoms with Crippen molar-refractivity contribution in [1.29, 1.82) is 0 Å². The molecule has 0 amide bonds. The summed E-state index contributed by atoms with van der Waals surface area (Å²) in [5.41, 5.74) is 0.828. The Bertz CT molecular complexity index is 658. The zero-order chi connectivity index (χ0) is 14.8. The lowest BCUT2D eigenvalue weighted by Crippen LogP contribution is -2.05. The molecule has 0 saturated heterocycles. The van der Waals surface area contributed by atoms with Gasteiger partial charge >= 0.3 is 0 Å². The van der Waals surface area contributed by atoms with Crippen molar-refractivity contribution < 1.29 is 0 Å². The molecule has 21 heavy (non-hydrogen) atoms. The highest BCUT2D eigenvalue weighted by atomic mass is 79.9. The topological polar surface area (TPSA) is 49.8 Å². The van der Waals surface area contributed by atoms with Crippen LogP contribution in [0.2, 0.25) is 5.02 Å². The van der Waals surface area contributed by atoms with E-state index in [9.17, 15) is 0 Å². The van der Waals surface area contributed by atoms with E-state index in [4.69, 9.17) is 11.6 Å². The lowest BCUT2D eigenvalue weighted by molar-refractivity contribution is 0.927. The average Bonchev–Trinajstić information content (AvgIpc) is 3.28. The molecule has 0 aliphatic heterocycles. The Morgan fingerprint density at radius 1 is 1.24 bits per heavy atom. The van der Waals surface area contributed by atoms with Crippen LogP contribution in [0.15, 0.2) is 28.7 Å². The van der Waals surface area contributed by atoms with Gasteiger partial charge < -0.3 is 10.6 Å². The molecule has 2 aromatic rings. The number of aromatic nitrogens is 2. The molecular formula is C15H16BrClN4. The third-order valence-corrected chi connectivity index (χ3v) is 4.06. The Balaban J connectivity index is 1.91. The molecule has 0 radical (unpaired) electrons.